The maximum atomic E-state index is 11.3. The number of hydrogen-bond donors (Lipinski definition) is 1. The predicted molar refractivity (Wildman–Crippen MR) is 70.0 cm³/mol. The second-order valence-electron chi connectivity index (χ2n) is 3.87. The van der Waals surface area contributed by atoms with Crippen LogP contribution in [0.3, 0.4) is 0 Å². The summed E-state index contributed by atoms with van der Waals surface area (Å²) in [7, 11) is -3.42. The molecule has 0 radical (unpaired) electrons. The van der Waals surface area contributed by atoms with E-state index in [0.29, 0.717) is 13.0 Å². The number of amides is 1. The highest BCUT2D eigenvalue weighted by Gasteiger charge is 2.03. The van der Waals surface area contributed by atoms with Crippen molar-refractivity contribution in [3.8, 4) is 0 Å². The lowest BCUT2D eigenvalue weighted by Crippen LogP contribution is -2.26. The van der Waals surface area contributed by atoms with Gasteiger partial charge in [0.2, 0.25) is 0 Å². The molecule has 6 nitrogen and oxygen atoms in total. The number of carbonyl (C=O) groups excluding carboxylic acids is 1. The summed E-state index contributed by atoms with van der Waals surface area (Å²) in [6.45, 7) is 0.535. The van der Waals surface area contributed by atoms with Crippen molar-refractivity contribution < 1.29 is 22.1 Å². The molecule has 0 spiro atoms. The molecule has 0 saturated heterocycles. The lowest BCUT2D eigenvalue weighted by molar-refractivity contribution is 0.139. The lowest BCUT2D eigenvalue weighted by atomic mass is 10.2. The Morgan fingerprint density at radius 2 is 1.95 bits per heavy atom. The van der Waals surface area contributed by atoms with E-state index >= 15 is 0 Å². The van der Waals surface area contributed by atoms with Crippen LogP contribution in [-0.4, -0.2) is 33.9 Å². The van der Waals surface area contributed by atoms with E-state index in [4.69, 9.17) is 4.74 Å². The van der Waals surface area contributed by atoms with Gasteiger partial charge in [0.1, 0.15) is 6.61 Å². The number of benzene rings is 1. The van der Waals surface area contributed by atoms with E-state index < -0.39 is 16.2 Å². The van der Waals surface area contributed by atoms with Crippen LogP contribution in [0.25, 0.3) is 0 Å². The summed E-state index contributed by atoms with van der Waals surface area (Å²) in [5, 5.41) is 2.50. The summed E-state index contributed by atoms with van der Waals surface area (Å²) in [6.07, 6.45) is 0.838. The van der Waals surface area contributed by atoms with Crippen molar-refractivity contribution in [3.05, 3.63) is 35.9 Å². The third kappa shape index (κ3) is 8.17. The van der Waals surface area contributed by atoms with Crippen molar-refractivity contribution in [1.29, 1.82) is 0 Å². The van der Waals surface area contributed by atoms with Crippen LogP contribution in [0.15, 0.2) is 30.3 Å². The molecule has 0 saturated carbocycles. The van der Waals surface area contributed by atoms with Crippen LogP contribution in [0, 0.1) is 0 Å². The highest BCUT2D eigenvalue weighted by atomic mass is 32.2. The van der Waals surface area contributed by atoms with Gasteiger partial charge in [-0.05, 0) is 12.0 Å². The second kappa shape index (κ2) is 7.75. The molecule has 0 aliphatic carbocycles. The number of carbonyl (C=O) groups is 1. The highest BCUT2D eigenvalue weighted by molar-refractivity contribution is 7.85. The van der Waals surface area contributed by atoms with Gasteiger partial charge in [-0.25, -0.2) is 4.79 Å². The Morgan fingerprint density at radius 3 is 2.58 bits per heavy atom. The van der Waals surface area contributed by atoms with Crippen molar-refractivity contribution in [2.45, 2.75) is 13.0 Å². The van der Waals surface area contributed by atoms with E-state index in [1.807, 2.05) is 30.3 Å². The molecule has 19 heavy (non-hydrogen) atoms. The summed E-state index contributed by atoms with van der Waals surface area (Å²) in [5.74, 6) is 0. The number of hydrogen-bond acceptors (Lipinski definition) is 5. The number of alkyl carbamates (subject to hydrolysis) is 1. The maximum Gasteiger partial charge on any atom is 0.407 e. The smallest absolute Gasteiger partial charge is 0.407 e. The minimum Gasteiger partial charge on any atom is -0.445 e. The molecule has 0 aliphatic rings. The van der Waals surface area contributed by atoms with Crippen LogP contribution in [0.1, 0.15) is 12.0 Å². The fraction of sp³-hybridized carbons (Fsp3) is 0.417. The van der Waals surface area contributed by atoms with Crippen LogP contribution < -0.4 is 5.32 Å². The Kier molecular flexibility index (Phi) is 6.31. The van der Waals surface area contributed by atoms with Gasteiger partial charge in [-0.1, -0.05) is 30.3 Å². The zero-order valence-electron chi connectivity index (χ0n) is 10.7. The normalized spacial score (nSPS) is 11.0. The van der Waals surface area contributed by atoms with E-state index in [-0.39, 0.29) is 13.2 Å². The molecule has 1 aromatic rings. The van der Waals surface area contributed by atoms with E-state index in [2.05, 4.69) is 9.50 Å². The zero-order chi connectivity index (χ0) is 14.1. The molecule has 1 N–H and O–H groups in total. The molecular weight excluding hydrogens is 270 g/mol. The van der Waals surface area contributed by atoms with Crippen LogP contribution in [-0.2, 0) is 25.6 Å². The Bertz CT molecular complexity index is 486. The summed E-state index contributed by atoms with van der Waals surface area (Å²) in [4.78, 5) is 11.3. The molecule has 1 amide bonds. The summed E-state index contributed by atoms with van der Waals surface area (Å²) in [5.41, 5.74) is 0.901. The summed E-state index contributed by atoms with van der Waals surface area (Å²) < 4.78 is 30.8. The van der Waals surface area contributed by atoms with Crippen molar-refractivity contribution >= 4 is 16.2 Å². The molecule has 1 aromatic carbocycles. The average Bonchev–Trinajstić information content (AvgIpc) is 2.36. The van der Waals surface area contributed by atoms with Gasteiger partial charge in [0.25, 0.3) is 10.1 Å². The van der Waals surface area contributed by atoms with Crippen molar-refractivity contribution in [2.24, 2.45) is 0 Å². The third-order valence-corrected chi connectivity index (χ3v) is 2.70. The zero-order valence-corrected chi connectivity index (χ0v) is 11.5. The Hall–Kier alpha value is -1.60. The molecule has 0 atom stereocenters. The summed E-state index contributed by atoms with van der Waals surface area (Å²) >= 11 is 0. The first-order valence-electron chi connectivity index (χ1n) is 5.76. The van der Waals surface area contributed by atoms with Gasteiger partial charge in [-0.3, -0.25) is 4.18 Å². The minimum atomic E-state index is -3.42. The predicted octanol–water partition coefficient (Wildman–Crippen LogP) is 1.28. The fourth-order valence-corrected chi connectivity index (χ4v) is 1.67. The molecule has 0 aromatic heterocycles. The number of nitrogens with one attached hydrogen (secondary N) is 1. The van der Waals surface area contributed by atoms with Crippen LogP contribution in [0.2, 0.25) is 0 Å². The summed E-state index contributed by atoms with van der Waals surface area (Å²) in [6, 6.07) is 9.31. The quantitative estimate of drug-likeness (QED) is 0.603. The lowest BCUT2D eigenvalue weighted by Gasteiger charge is -2.06. The van der Waals surface area contributed by atoms with E-state index in [1.54, 1.807) is 0 Å². The van der Waals surface area contributed by atoms with Crippen LogP contribution in [0.4, 0.5) is 4.79 Å². The second-order valence-corrected chi connectivity index (χ2v) is 5.51. The van der Waals surface area contributed by atoms with Gasteiger partial charge in [-0.15, -0.1) is 0 Å². The van der Waals surface area contributed by atoms with Gasteiger partial charge in [0, 0.05) is 6.54 Å². The Balaban J connectivity index is 2.09. The molecule has 0 heterocycles. The molecule has 106 valence electrons. The first-order chi connectivity index (χ1) is 8.97. The van der Waals surface area contributed by atoms with Crippen molar-refractivity contribution in [2.75, 3.05) is 19.4 Å². The van der Waals surface area contributed by atoms with Gasteiger partial charge in [0.15, 0.2) is 0 Å². The van der Waals surface area contributed by atoms with Crippen molar-refractivity contribution in [1.82, 2.24) is 5.32 Å². The highest BCUT2D eigenvalue weighted by Crippen LogP contribution is 2.00. The van der Waals surface area contributed by atoms with Gasteiger partial charge in [0.05, 0.1) is 12.9 Å². The van der Waals surface area contributed by atoms with Gasteiger partial charge in [-0.2, -0.15) is 8.42 Å². The largest absolute Gasteiger partial charge is 0.445 e. The van der Waals surface area contributed by atoms with Crippen LogP contribution in [0.5, 0.6) is 0 Å². The SMILES string of the molecule is CS(=O)(=O)OCCCNC(=O)OCc1ccccc1. The number of ether oxygens (including phenoxy) is 1. The van der Waals surface area contributed by atoms with E-state index in [9.17, 15) is 13.2 Å². The van der Waals surface area contributed by atoms with Gasteiger partial charge >= 0.3 is 6.09 Å². The third-order valence-electron chi connectivity index (χ3n) is 2.10. The molecule has 0 unspecified atom stereocenters. The standard InChI is InChI=1S/C12H17NO5S/c1-19(15,16)18-9-5-8-13-12(14)17-10-11-6-3-2-4-7-11/h2-4,6-7H,5,8-10H2,1H3,(H,13,14). The monoisotopic (exact) mass is 287 g/mol. The molecule has 0 bridgehead atoms. The molecule has 0 fully saturated rings. The fourth-order valence-electron chi connectivity index (χ4n) is 1.25. The average molecular weight is 287 g/mol. The maximum absolute atomic E-state index is 11.3. The molecule has 1 rings (SSSR count). The molecule has 0 aliphatic heterocycles. The first kappa shape index (κ1) is 15.5. The molecular formula is C12H17NO5S. The first-order valence-corrected chi connectivity index (χ1v) is 7.58. The Morgan fingerprint density at radius 1 is 1.26 bits per heavy atom. The van der Waals surface area contributed by atoms with E-state index in [0.717, 1.165) is 11.8 Å². The topological polar surface area (TPSA) is 81.7 Å². The van der Waals surface area contributed by atoms with Crippen molar-refractivity contribution in [3.63, 3.8) is 0 Å². The van der Waals surface area contributed by atoms with Gasteiger partial charge < -0.3 is 10.1 Å². The van der Waals surface area contributed by atoms with E-state index in [1.165, 1.54) is 0 Å². The molecule has 7 heteroatoms. The van der Waals surface area contributed by atoms with Crippen LogP contribution >= 0.6 is 0 Å². The number of rotatable bonds is 7. The Labute approximate surface area is 112 Å². The minimum absolute atomic E-state index is 0.0395.